The number of aliphatic carboxylic acids is 1. The second-order valence-corrected chi connectivity index (χ2v) is 14.7. The molecule has 0 atom stereocenters. The van der Waals surface area contributed by atoms with Crippen LogP contribution in [0.2, 0.25) is 10.0 Å². The number of aromatic nitrogens is 1. The van der Waals surface area contributed by atoms with Gasteiger partial charge in [-0.1, -0.05) is 72.9 Å². The maximum atomic E-state index is 11.0. The fraction of sp³-hybridized carbons (Fsp3) is 0.326. The van der Waals surface area contributed by atoms with Gasteiger partial charge in [0.05, 0.1) is 22.7 Å². The average molecular weight is 826 g/mol. The molecule has 0 unspecified atom stereocenters. The Labute approximate surface area is 351 Å². The van der Waals surface area contributed by atoms with Crippen LogP contribution in [0.5, 0.6) is 23.0 Å². The second-order valence-electron chi connectivity index (χ2n) is 13.9. The van der Waals surface area contributed by atoms with Crippen LogP contribution in [0.4, 0.5) is 0 Å². The molecule has 0 spiro atoms. The minimum atomic E-state index is -0.839. The maximum absolute atomic E-state index is 11.0. The van der Waals surface area contributed by atoms with Crippen molar-refractivity contribution in [1.82, 2.24) is 15.6 Å². The van der Waals surface area contributed by atoms with Crippen molar-refractivity contribution in [3.05, 3.63) is 134 Å². The Morgan fingerprint density at radius 2 is 1.29 bits per heavy atom. The quantitative estimate of drug-likeness (QED) is 0.0579. The summed E-state index contributed by atoms with van der Waals surface area (Å²) in [7, 11) is 1.65. The molecule has 3 N–H and O–H groups in total. The van der Waals surface area contributed by atoms with Gasteiger partial charge in [-0.15, -0.1) is 0 Å². The van der Waals surface area contributed by atoms with E-state index in [1.165, 1.54) is 6.20 Å². The van der Waals surface area contributed by atoms with Crippen molar-refractivity contribution in [3.63, 3.8) is 0 Å². The van der Waals surface area contributed by atoms with Crippen LogP contribution in [0, 0.1) is 25.2 Å². The number of rotatable bonds is 22. The number of nitriles is 1. The summed E-state index contributed by atoms with van der Waals surface area (Å²) in [6, 6.07) is 23.5. The molecule has 58 heavy (non-hydrogen) atoms. The fourth-order valence-corrected chi connectivity index (χ4v) is 6.93. The van der Waals surface area contributed by atoms with E-state index in [-0.39, 0.29) is 19.6 Å². The number of nitrogens with zero attached hydrogens (tertiary/aromatic N) is 2. The lowest BCUT2D eigenvalue weighted by Crippen LogP contribution is -2.16. The Morgan fingerprint density at radius 1 is 0.741 bits per heavy atom. The molecule has 0 aliphatic carbocycles. The number of pyridine rings is 1. The Hall–Kier alpha value is -5.31. The predicted octanol–water partition coefficient (Wildman–Crippen LogP) is 10.1. The number of ether oxygens (including phenoxy) is 4. The van der Waals surface area contributed by atoms with Gasteiger partial charge in [0.2, 0.25) is 0 Å². The first-order valence-corrected chi connectivity index (χ1v) is 20.1. The summed E-state index contributed by atoms with van der Waals surface area (Å²) in [5, 5.41) is 26.0. The lowest BCUT2D eigenvalue weighted by Gasteiger charge is -2.19. The van der Waals surface area contributed by atoms with Crippen molar-refractivity contribution in [2.75, 3.05) is 20.2 Å². The highest BCUT2D eigenvalue weighted by Crippen LogP contribution is 2.37. The molecule has 10 nitrogen and oxygen atoms in total. The summed E-state index contributed by atoms with van der Waals surface area (Å²) < 4.78 is 24.6. The van der Waals surface area contributed by atoms with E-state index in [0.717, 1.165) is 75.2 Å². The number of unbranched alkanes of at least 4 members (excludes halogenated alkanes) is 1. The van der Waals surface area contributed by atoms with E-state index < -0.39 is 5.97 Å². The van der Waals surface area contributed by atoms with Crippen LogP contribution < -0.4 is 29.6 Å². The number of methoxy groups -OCH3 is 1. The molecule has 5 aromatic rings. The lowest BCUT2D eigenvalue weighted by molar-refractivity contribution is -0.137. The fourth-order valence-electron chi connectivity index (χ4n) is 6.45. The van der Waals surface area contributed by atoms with Crippen LogP contribution in [0.15, 0.2) is 79.1 Å². The van der Waals surface area contributed by atoms with E-state index in [4.69, 9.17) is 47.3 Å². The van der Waals surface area contributed by atoms with Crippen LogP contribution in [0.3, 0.4) is 0 Å². The second kappa shape index (κ2) is 22.0. The van der Waals surface area contributed by atoms with Crippen molar-refractivity contribution >= 4 is 29.2 Å². The SMILES string of the molecule is CCCCNCc1cc(Cl)c(OCc2cccc(-c3cccc(COc4cc(OCc5cncc(C#N)c5)c(CNCCCC(=O)O)cc4Cl)c3C)c2C)cc1OC. The minimum Gasteiger partial charge on any atom is -0.496 e. The van der Waals surface area contributed by atoms with Gasteiger partial charge in [-0.2, -0.15) is 5.26 Å². The summed E-state index contributed by atoms with van der Waals surface area (Å²) in [6.45, 7) is 9.61. The van der Waals surface area contributed by atoms with Crippen LogP contribution >= 0.6 is 23.2 Å². The zero-order valence-corrected chi connectivity index (χ0v) is 34.9. The number of hydrogen-bond donors (Lipinski definition) is 3. The Kier molecular flexibility index (Phi) is 16.6. The van der Waals surface area contributed by atoms with E-state index in [0.29, 0.717) is 65.5 Å². The Bertz CT molecular complexity index is 2220. The van der Waals surface area contributed by atoms with Crippen LogP contribution in [-0.4, -0.2) is 36.3 Å². The molecule has 0 aliphatic heterocycles. The van der Waals surface area contributed by atoms with E-state index in [2.05, 4.69) is 60.7 Å². The minimum absolute atomic E-state index is 0.0736. The van der Waals surface area contributed by atoms with Gasteiger partial charge in [-0.3, -0.25) is 9.78 Å². The number of halogens is 2. The summed E-state index contributed by atoms with van der Waals surface area (Å²) in [6.07, 6.45) is 5.94. The summed E-state index contributed by atoms with van der Waals surface area (Å²) >= 11 is 13.5. The molecule has 0 bridgehead atoms. The zero-order valence-electron chi connectivity index (χ0n) is 33.4. The van der Waals surface area contributed by atoms with Crippen molar-refractivity contribution in [2.45, 2.75) is 79.4 Å². The number of carboxylic acid groups (broad SMARTS) is 1. The smallest absolute Gasteiger partial charge is 0.303 e. The van der Waals surface area contributed by atoms with Gasteiger partial charge in [0.15, 0.2) is 0 Å². The van der Waals surface area contributed by atoms with Crippen molar-refractivity contribution in [3.8, 4) is 40.2 Å². The normalized spacial score (nSPS) is 10.9. The van der Waals surface area contributed by atoms with E-state index in [1.807, 2.05) is 30.3 Å². The van der Waals surface area contributed by atoms with E-state index >= 15 is 0 Å². The number of nitrogens with one attached hydrogen (secondary N) is 2. The van der Waals surface area contributed by atoms with Gasteiger partial charge in [0, 0.05) is 60.7 Å². The third-order valence-corrected chi connectivity index (χ3v) is 10.4. The molecular weight excluding hydrogens is 775 g/mol. The predicted molar refractivity (Wildman–Crippen MR) is 228 cm³/mol. The molecular formula is C46H50Cl2N4O6. The molecule has 1 heterocycles. The Balaban J connectivity index is 1.31. The molecule has 12 heteroatoms. The molecule has 4 aromatic carbocycles. The van der Waals surface area contributed by atoms with Gasteiger partial charge in [-0.05, 0) is 91.4 Å². The van der Waals surface area contributed by atoms with Crippen molar-refractivity contribution < 1.29 is 28.8 Å². The van der Waals surface area contributed by atoms with Crippen molar-refractivity contribution in [1.29, 1.82) is 5.26 Å². The highest BCUT2D eigenvalue weighted by atomic mass is 35.5. The average Bonchev–Trinajstić information content (AvgIpc) is 3.22. The summed E-state index contributed by atoms with van der Waals surface area (Å²) in [5.41, 5.74) is 9.28. The number of hydrogen-bond acceptors (Lipinski definition) is 9. The van der Waals surface area contributed by atoms with Gasteiger partial charge in [0.1, 0.15) is 48.9 Å². The van der Waals surface area contributed by atoms with Gasteiger partial charge >= 0.3 is 5.97 Å². The first-order valence-electron chi connectivity index (χ1n) is 19.3. The number of carboxylic acids is 1. The first kappa shape index (κ1) is 43.8. The number of carbonyl (C=O) groups is 1. The van der Waals surface area contributed by atoms with E-state index in [1.54, 1.807) is 31.5 Å². The molecule has 0 aliphatic rings. The van der Waals surface area contributed by atoms with Crippen LogP contribution in [0.1, 0.15) is 77.1 Å². The van der Waals surface area contributed by atoms with Gasteiger partial charge in [0.25, 0.3) is 0 Å². The van der Waals surface area contributed by atoms with Gasteiger partial charge in [-0.25, -0.2) is 0 Å². The molecule has 304 valence electrons. The molecule has 0 saturated heterocycles. The topological polar surface area (TPSA) is 135 Å². The highest BCUT2D eigenvalue weighted by molar-refractivity contribution is 6.32. The zero-order chi connectivity index (χ0) is 41.4. The monoisotopic (exact) mass is 824 g/mol. The van der Waals surface area contributed by atoms with Crippen LogP contribution in [-0.2, 0) is 37.7 Å². The number of benzene rings is 4. The largest absolute Gasteiger partial charge is 0.496 e. The first-order chi connectivity index (χ1) is 28.1. The Morgan fingerprint density at radius 3 is 1.84 bits per heavy atom. The third-order valence-electron chi connectivity index (χ3n) is 9.80. The van der Waals surface area contributed by atoms with Crippen LogP contribution in [0.25, 0.3) is 11.1 Å². The molecule has 0 amide bonds. The molecule has 0 radical (unpaired) electrons. The third kappa shape index (κ3) is 12.1. The highest BCUT2D eigenvalue weighted by Gasteiger charge is 2.17. The molecule has 0 fully saturated rings. The molecule has 5 rings (SSSR count). The maximum Gasteiger partial charge on any atom is 0.303 e. The standard InChI is InChI=1S/C46H50Cl2N4O6/c1-5-6-15-50-25-36-18-40(47)44(20-42(36)55-4)57-28-34-10-7-12-38(30(34)2)39-13-8-11-35(31(39)3)29-58-45-21-43(56-27-33-17-32(22-49)23-52-24-33)37(19-41(45)48)26-51-16-9-14-46(53)54/h7-8,10-13,17-21,23-24,50-51H,5-6,9,14-16,25-29H2,1-4H3,(H,53,54). The molecule has 1 aromatic heterocycles. The van der Waals surface area contributed by atoms with Gasteiger partial charge < -0.3 is 34.7 Å². The summed E-state index contributed by atoms with van der Waals surface area (Å²) in [5.74, 6) is 1.45. The van der Waals surface area contributed by atoms with E-state index in [9.17, 15) is 10.1 Å². The molecule has 0 saturated carbocycles. The lowest BCUT2D eigenvalue weighted by atomic mass is 9.92. The van der Waals surface area contributed by atoms with Crippen molar-refractivity contribution in [2.24, 2.45) is 0 Å². The summed E-state index contributed by atoms with van der Waals surface area (Å²) in [4.78, 5) is 15.1.